The summed E-state index contributed by atoms with van der Waals surface area (Å²) in [6, 6.07) is 8.49. The second-order valence-corrected chi connectivity index (χ2v) is 8.83. The molecule has 1 aliphatic heterocycles. The Kier molecular flexibility index (Phi) is 5.51. The van der Waals surface area contributed by atoms with E-state index in [1.807, 2.05) is 23.1 Å². The second kappa shape index (κ2) is 8.04. The van der Waals surface area contributed by atoms with Crippen molar-refractivity contribution in [1.29, 1.82) is 0 Å². The third-order valence-corrected chi connectivity index (χ3v) is 6.94. The Morgan fingerprint density at radius 1 is 0.963 bits per heavy atom. The number of para-hydroxylation sites is 1. The van der Waals surface area contributed by atoms with E-state index in [0.717, 1.165) is 63.1 Å². The molecule has 0 bridgehead atoms. The van der Waals surface area contributed by atoms with Gasteiger partial charge in [0.15, 0.2) is 0 Å². The van der Waals surface area contributed by atoms with Gasteiger partial charge in [-0.2, -0.15) is 0 Å². The maximum atomic E-state index is 13.4. The molecule has 2 saturated carbocycles. The molecular formula is C23H32N2O2. The van der Waals surface area contributed by atoms with Crippen LogP contribution in [0.4, 0.5) is 5.69 Å². The van der Waals surface area contributed by atoms with E-state index in [9.17, 15) is 9.59 Å². The number of hydrogen-bond acceptors (Lipinski definition) is 2. The summed E-state index contributed by atoms with van der Waals surface area (Å²) in [6.45, 7) is 3.05. The minimum Gasteiger partial charge on any atom is -0.353 e. The molecule has 2 amide bonds. The summed E-state index contributed by atoms with van der Waals surface area (Å²) in [5, 5.41) is 3.29. The predicted molar refractivity (Wildman–Crippen MR) is 108 cm³/mol. The monoisotopic (exact) mass is 368 g/mol. The van der Waals surface area contributed by atoms with E-state index in [0.29, 0.717) is 6.04 Å². The molecule has 2 fully saturated rings. The molecule has 3 aliphatic rings. The lowest BCUT2D eigenvalue weighted by atomic mass is 9.77. The number of carbonyl (C=O) groups excluding carboxylic acids is 2. The highest BCUT2D eigenvalue weighted by molar-refractivity contribution is 5.99. The Morgan fingerprint density at radius 3 is 2.44 bits per heavy atom. The Balaban J connectivity index is 1.44. The number of rotatable bonds is 3. The van der Waals surface area contributed by atoms with Crippen molar-refractivity contribution in [1.82, 2.24) is 5.32 Å². The molecule has 2 atom stereocenters. The topological polar surface area (TPSA) is 49.4 Å². The predicted octanol–water partition coefficient (Wildman–Crippen LogP) is 4.08. The van der Waals surface area contributed by atoms with Crippen LogP contribution in [0.3, 0.4) is 0 Å². The number of carbonyl (C=O) groups is 2. The van der Waals surface area contributed by atoms with Gasteiger partial charge in [-0.05, 0) is 62.5 Å². The van der Waals surface area contributed by atoms with Gasteiger partial charge in [0.25, 0.3) is 0 Å². The number of hydrogen-bond donors (Lipinski definition) is 1. The van der Waals surface area contributed by atoms with Gasteiger partial charge in [-0.1, -0.05) is 38.0 Å². The first kappa shape index (κ1) is 18.5. The van der Waals surface area contributed by atoms with Crippen LogP contribution in [0.2, 0.25) is 0 Å². The van der Waals surface area contributed by atoms with Crippen molar-refractivity contribution in [2.75, 3.05) is 11.4 Å². The van der Waals surface area contributed by atoms with Gasteiger partial charge >= 0.3 is 0 Å². The molecule has 0 radical (unpaired) electrons. The van der Waals surface area contributed by atoms with Gasteiger partial charge in [0.2, 0.25) is 11.8 Å². The van der Waals surface area contributed by atoms with Crippen molar-refractivity contribution in [3.63, 3.8) is 0 Å². The van der Waals surface area contributed by atoms with Crippen LogP contribution in [0, 0.1) is 17.8 Å². The Bertz CT molecular complexity index is 693. The first-order valence-electron chi connectivity index (χ1n) is 10.8. The SMILES string of the molecule is CC1CCC(NC(=O)C2CCCCC2C(=O)N2CCc3ccccc32)CC1. The van der Waals surface area contributed by atoms with E-state index in [4.69, 9.17) is 0 Å². The number of amides is 2. The zero-order chi connectivity index (χ0) is 18.8. The summed E-state index contributed by atoms with van der Waals surface area (Å²) in [6.07, 6.45) is 9.28. The summed E-state index contributed by atoms with van der Waals surface area (Å²) in [5.74, 6) is 0.750. The zero-order valence-corrected chi connectivity index (χ0v) is 16.5. The molecule has 1 N–H and O–H groups in total. The Morgan fingerprint density at radius 2 is 1.67 bits per heavy atom. The average Bonchev–Trinajstić information content (AvgIpc) is 3.13. The van der Waals surface area contributed by atoms with Crippen molar-refractivity contribution in [3.8, 4) is 0 Å². The largest absolute Gasteiger partial charge is 0.353 e. The van der Waals surface area contributed by atoms with Crippen LogP contribution >= 0.6 is 0 Å². The molecular weight excluding hydrogens is 336 g/mol. The fraction of sp³-hybridized carbons (Fsp3) is 0.652. The highest BCUT2D eigenvalue weighted by Crippen LogP contribution is 2.36. The van der Waals surface area contributed by atoms with Gasteiger partial charge in [-0.15, -0.1) is 0 Å². The number of nitrogens with zero attached hydrogens (tertiary/aromatic N) is 1. The fourth-order valence-electron chi connectivity index (χ4n) is 5.22. The van der Waals surface area contributed by atoms with Gasteiger partial charge in [-0.25, -0.2) is 0 Å². The van der Waals surface area contributed by atoms with E-state index in [1.54, 1.807) is 0 Å². The lowest BCUT2D eigenvalue weighted by Gasteiger charge is -2.34. The van der Waals surface area contributed by atoms with Crippen LogP contribution < -0.4 is 10.2 Å². The van der Waals surface area contributed by atoms with Crippen molar-refractivity contribution < 1.29 is 9.59 Å². The summed E-state index contributed by atoms with van der Waals surface area (Å²) >= 11 is 0. The maximum absolute atomic E-state index is 13.4. The highest BCUT2D eigenvalue weighted by atomic mass is 16.2. The van der Waals surface area contributed by atoms with Crippen molar-refractivity contribution in [2.45, 2.75) is 70.8 Å². The molecule has 2 aliphatic carbocycles. The van der Waals surface area contributed by atoms with E-state index in [-0.39, 0.29) is 23.7 Å². The maximum Gasteiger partial charge on any atom is 0.230 e. The molecule has 27 heavy (non-hydrogen) atoms. The van der Waals surface area contributed by atoms with E-state index >= 15 is 0 Å². The molecule has 146 valence electrons. The van der Waals surface area contributed by atoms with Crippen LogP contribution in [0.25, 0.3) is 0 Å². The molecule has 1 aromatic rings. The fourth-order valence-corrected chi connectivity index (χ4v) is 5.22. The molecule has 4 heteroatoms. The molecule has 1 heterocycles. The van der Waals surface area contributed by atoms with Crippen molar-refractivity contribution >= 4 is 17.5 Å². The summed E-state index contributed by atoms with van der Waals surface area (Å²) in [4.78, 5) is 28.3. The van der Waals surface area contributed by atoms with E-state index < -0.39 is 0 Å². The van der Waals surface area contributed by atoms with Gasteiger partial charge in [0, 0.05) is 24.2 Å². The second-order valence-electron chi connectivity index (χ2n) is 8.83. The van der Waals surface area contributed by atoms with Crippen LogP contribution in [0.1, 0.15) is 63.9 Å². The molecule has 1 aromatic carbocycles. The first-order chi connectivity index (χ1) is 13.1. The lowest BCUT2D eigenvalue weighted by molar-refractivity contribution is -0.135. The summed E-state index contributed by atoms with van der Waals surface area (Å²) < 4.78 is 0. The van der Waals surface area contributed by atoms with Crippen LogP contribution in [0.5, 0.6) is 0 Å². The van der Waals surface area contributed by atoms with Crippen molar-refractivity contribution in [2.24, 2.45) is 17.8 Å². The molecule has 0 spiro atoms. The van der Waals surface area contributed by atoms with Gasteiger partial charge in [0.1, 0.15) is 0 Å². The van der Waals surface area contributed by atoms with Gasteiger partial charge in [0.05, 0.1) is 5.92 Å². The first-order valence-corrected chi connectivity index (χ1v) is 10.8. The molecule has 0 aromatic heterocycles. The number of anilines is 1. The molecule has 2 unspecified atom stereocenters. The standard InChI is InChI=1S/C23H32N2O2/c1-16-10-12-18(13-11-16)24-22(26)19-7-3-4-8-20(19)23(27)25-15-14-17-6-2-5-9-21(17)25/h2,5-6,9,16,18-20H,3-4,7-8,10-15H2,1H3,(H,24,26). The minimum absolute atomic E-state index is 0.125. The highest BCUT2D eigenvalue weighted by Gasteiger charge is 2.40. The van der Waals surface area contributed by atoms with Gasteiger partial charge < -0.3 is 10.2 Å². The number of fused-ring (bicyclic) bond motifs is 1. The number of benzene rings is 1. The van der Waals surface area contributed by atoms with Crippen molar-refractivity contribution in [3.05, 3.63) is 29.8 Å². The van der Waals surface area contributed by atoms with Crippen LogP contribution in [-0.2, 0) is 16.0 Å². The molecule has 4 nitrogen and oxygen atoms in total. The molecule has 4 rings (SSSR count). The number of nitrogens with one attached hydrogen (secondary N) is 1. The Hall–Kier alpha value is -1.84. The smallest absolute Gasteiger partial charge is 0.230 e. The lowest BCUT2D eigenvalue weighted by Crippen LogP contribution is -2.48. The van der Waals surface area contributed by atoms with Crippen LogP contribution in [-0.4, -0.2) is 24.4 Å². The van der Waals surface area contributed by atoms with E-state index in [1.165, 1.54) is 18.4 Å². The summed E-state index contributed by atoms with van der Waals surface area (Å²) in [5.41, 5.74) is 2.30. The molecule has 0 saturated heterocycles. The van der Waals surface area contributed by atoms with E-state index in [2.05, 4.69) is 18.3 Å². The quantitative estimate of drug-likeness (QED) is 0.874. The normalized spacial score (nSPS) is 30.6. The third kappa shape index (κ3) is 3.90. The Labute approximate surface area is 162 Å². The van der Waals surface area contributed by atoms with Crippen LogP contribution in [0.15, 0.2) is 24.3 Å². The minimum atomic E-state index is -0.160. The van der Waals surface area contributed by atoms with Gasteiger partial charge in [-0.3, -0.25) is 9.59 Å². The zero-order valence-electron chi connectivity index (χ0n) is 16.5. The third-order valence-electron chi connectivity index (χ3n) is 6.94. The summed E-state index contributed by atoms with van der Waals surface area (Å²) in [7, 11) is 0. The average molecular weight is 369 g/mol.